The molecule has 2 fully saturated rings. The van der Waals surface area contributed by atoms with Crippen molar-refractivity contribution < 1.29 is 19.0 Å². The summed E-state index contributed by atoms with van der Waals surface area (Å²) < 4.78 is 22.2. The minimum absolute atomic E-state index is 0.165. The van der Waals surface area contributed by atoms with Gasteiger partial charge in [-0.25, -0.2) is 9.37 Å². The number of fused-ring (bicyclic) bond motifs is 2. The summed E-state index contributed by atoms with van der Waals surface area (Å²) in [5.41, 5.74) is 2.29. The lowest BCUT2D eigenvalue weighted by molar-refractivity contribution is 0.102. The molecule has 2 unspecified atom stereocenters. The van der Waals surface area contributed by atoms with Crippen molar-refractivity contribution in [2.24, 2.45) is 7.05 Å². The number of carbonyl (C=O) groups is 1. The first-order chi connectivity index (χ1) is 18.7. The molecule has 0 spiro atoms. The number of aryl methyl sites for hydroxylation is 1. The van der Waals surface area contributed by atoms with Gasteiger partial charge in [-0.15, -0.1) is 0 Å². The second-order valence-electron chi connectivity index (χ2n) is 10.8. The molecule has 3 N–H and O–H groups in total. The monoisotopic (exact) mass is 533 g/mol. The van der Waals surface area contributed by atoms with Gasteiger partial charge in [0.2, 0.25) is 0 Å². The number of piperazine rings is 1. The van der Waals surface area contributed by atoms with Crippen molar-refractivity contribution >= 4 is 39.1 Å². The van der Waals surface area contributed by atoms with Crippen LogP contribution in [-0.2, 0) is 7.05 Å². The number of hydrogen-bond donors (Lipinski definition) is 3. The zero-order chi connectivity index (χ0) is 27.3. The van der Waals surface area contributed by atoms with Crippen LogP contribution in [0.25, 0.3) is 21.8 Å². The number of aliphatic hydroxyl groups excluding tert-OH is 1. The maximum Gasteiger partial charge on any atom is 0.317 e. The number of nitrogens with zero attached hydrogens (tertiary/aromatic N) is 5. The van der Waals surface area contributed by atoms with Crippen LogP contribution >= 0.6 is 0 Å². The molecular formula is C28H32FN7O3. The number of carbonyl (C=O) groups excluding carboxylic acids is 1. The van der Waals surface area contributed by atoms with Crippen LogP contribution in [0.5, 0.6) is 6.01 Å². The third kappa shape index (κ3) is 5.11. The largest absolute Gasteiger partial charge is 0.460 e. The smallest absolute Gasteiger partial charge is 0.317 e. The predicted octanol–water partition coefficient (Wildman–Crippen LogP) is 3.39. The Morgan fingerprint density at radius 1 is 1.18 bits per heavy atom. The number of hydrogen-bond acceptors (Lipinski definition) is 8. The Kier molecular flexibility index (Phi) is 6.56. The Bertz CT molecular complexity index is 1550. The van der Waals surface area contributed by atoms with Crippen LogP contribution < -0.4 is 20.3 Å². The number of nitrogens with one attached hydrogen (secondary N) is 2. The minimum Gasteiger partial charge on any atom is -0.460 e. The van der Waals surface area contributed by atoms with Crippen molar-refractivity contribution in [2.45, 2.75) is 57.4 Å². The SMILES string of the molecule is C[C@@H]1CN(c2ccc(C(=O)Nc3cc(F)c4nn(C)cc4c3)c3nc(OC4CCC(O)C4)ncc23)C[C@H](C)N1. The van der Waals surface area contributed by atoms with Gasteiger partial charge in [-0.2, -0.15) is 10.1 Å². The zero-order valence-corrected chi connectivity index (χ0v) is 22.2. The van der Waals surface area contributed by atoms with Gasteiger partial charge in [0.05, 0.1) is 17.2 Å². The molecule has 4 aromatic rings. The molecule has 39 heavy (non-hydrogen) atoms. The Labute approximate surface area is 225 Å². The fourth-order valence-electron chi connectivity index (χ4n) is 5.78. The first-order valence-electron chi connectivity index (χ1n) is 13.3. The zero-order valence-electron chi connectivity index (χ0n) is 22.2. The summed E-state index contributed by atoms with van der Waals surface area (Å²) >= 11 is 0. The van der Waals surface area contributed by atoms with Crippen LogP contribution in [0.2, 0.25) is 0 Å². The Morgan fingerprint density at radius 3 is 2.72 bits per heavy atom. The number of anilines is 2. The number of ether oxygens (including phenoxy) is 1. The average Bonchev–Trinajstić information content (AvgIpc) is 3.47. The van der Waals surface area contributed by atoms with E-state index in [1.807, 2.05) is 6.07 Å². The summed E-state index contributed by atoms with van der Waals surface area (Å²) in [6.07, 6.45) is 4.74. The van der Waals surface area contributed by atoms with E-state index in [1.54, 1.807) is 31.6 Å². The van der Waals surface area contributed by atoms with E-state index >= 15 is 0 Å². The number of amides is 1. The van der Waals surface area contributed by atoms with Crippen molar-refractivity contribution in [2.75, 3.05) is 23.3 Å². The highest BCUT2D eigenvalue weighted by atomic mass is 19.1. The van der Waals surface area contributed by atoms with Gasteiger partial charge >= 0.3 is 6.01 Å². The summed E-state index contributed by atoms with van der Waals surface area (Å²) in [5.74, 6) is -0.931. The Morgan fingerprint density at radius 2 is 1.97 bits per heavy atom. The minimum atomic E-state index is -0.512. The molecule has 0 radical (unpaired) electrons. The van der Waals surface area contributed by atoms with Crippen molar-refractivity contribution in [3.05, 3.63) is 48.0 Å². The first-order valence-corrected chi connectivity index (χ1v) is 13.3. The molecule has 2 aromatic carbocycles. The summed E-state index contributed by atoms with van der Waals surface area (Å²) in [6, 6.07) is 7.38. The van der Waals surface area contributed by atoms with Gasteiger partial charge in [-0.3, -0.25) is 9.48 Å². The molecule has 1 aliphatic carbocycles. The number of aromatic nitrogens is 4. The van der Waals surface area contributed by atoms with E-state index in [1.165, 1.54) is 10.7 Å². The lowest BCUT2D eigenvalue weighted by atomic mass is 10.0. The fourth-order valence-corrected chi connectivity index (χ4v) is 5.78. The summed E-state index contributed by atoms with van der Waals surface area (Å²) in [5, 5.41) is 21.7. The highest BCUT2D eigenvalue weighted by molar-refractivity contribution is 6.14. The van der Waals surface area contributed by atoms with Crippen LogP contribution in [0.1, 0.15) is 43.5 Å². The molecule has 1 aliphatic heterocycles. The lowest BCUT2D eigenvalue weighted by Gasteiger charge is -2.38. The molecule has 11 heteroatoms. The topological polar surface area (TPSA) is 117 Å². The third-order valence-corrected chi connectivity index (χ3v) is 7.41. The highest BCUT2D eigenvalue weighted by Gasteiger charge is 2.27. The number of benzene rings is 2. The van der Waals surface area contributed by atoms with Gasteiger partial charge in [0.15, 0.2) is 5.82 Å². The normalized spacial score (nSPS) is 23.5. The Balaban J connectivity index is 1.38. The molecule has 2 aliphatic rings. The molecule has 4 atom stereocenters. The van der Waals surface area contributed by atoms with Crippen molar-refractivity contribution in [1.82, 2.24) is 25.1 Å². The van der Waals surface area contributed by atoms with Crippen LogP contribution in [0.3, 0.4) is 0 Å². The molecule has 1 saturated carbocycles. The van der Waals surface area contributed by atoms with Crippen LogP contribution in [-0.4, -0.2) is 68.1 Å². The van der Waals surface area contributed by atoms with Crippen molar-refractivity contribution in [1.29, 1.82) is 0 Å². The summed E-state index contributed by atoms with van der Waals surface area (Å²) in [7, 11) is 1.72. The average molecular weight is 534 g/mol. The maximum atomic E-state index is 14.7. The van der Waals surface area contributed by atoms with E-state index in [2.05, 4.69) is 44.4 Å². The molecule has 1 amide bonds. The van der Waals surface area contributed by atoms with Gasteiger partial charge in [-0.05, 0) is 51.0 Å². The fraction of sp³-hybridized carbons (Fsp3) is 0.429. The summed E-state index contributed by atoms with van der Waals surface area (Å²) in [6.45, 7) is 5.88. The molecule has 0 bridgehead atoms. The van der Waals surface area contributed by atoms with Crippen molar-refractivity contribution in [3.63, 3.8) is 0 Å². The molecule has 1 saturated heterocycles. The van der Waals surface area contributed by atoms with Crippen LogP contribution in [0.15, 0.2) is 36.7 Å². The maximum absolute atomic E-state index is 14.7. The van der Waals surface area contributed by atoms with Gasteiger partial charge in [0.1, 0.15) is 11.6 Å². The predicted molar refractivity (Wildman–Crippen MR) is 147 cm³/mol. The van der Waals surface area contributed by atoms with Gasteiger partial charge in [-0.1, -0.05) is 0 Å². The van der Waals surface area contributed by atoms with E-state index < -0.39 is 17.8 Å². The second-order valence-corrected chi connectivity index (χ2v) is 10.8. The first kappa shape index (κ1) is 25.4. The number of rotatable bonds is 5. The number of aliphatic hydroxyl groups is 1. The van der Waals surface area contributed by atoms with E-state index in [9.17, 15) is 14.3 Å². The highest BCUT2D eigenvalue weighted by Crippen LogP contribution is 2.32. The van der Waals surface area contributed by atoms with E-state index in [0.717, 1.165) is 30.6 Å². The van der Waals surface area contributed by atoms with E-state index in [0.29, 0.717) is 47.1 Å². The van der Waals surface area contributed by atoms with E-state index in [4.69, 9.17) is 4.74 Å². The standard InChI is InChI=1S/C28H32FN7O3/c1-15-12-36(13-16(2)31-15)24-7-6-21(26-22(24)11-30-28(33-26)39-20-5-4-19(37)10-20)27(38)32-18-8-17-14-35(3)34-25(17)23(29)9-18/h6-9,11,14-16,19-20,31,37H,4-5,10,12-13H2,1-3H3,(H,32,38)/t15-,16+,19?,20?. The second kappa shape index (κ2) is 10.0. The molecule has 6 rings (SSSR count). The molecule has 10 nitrogen and oxygen atoms in total. The third-order valence-electron chi connectivity index (χ3n) is 7.41. The van der Waals surface area contributed by atoms with Crippen LogP contribution in [0.4, 0.5) is 15.8 Å². The van der Waals surface area contributed by atoms with Gasteiger partial charge in [0, 0.05) is 73.2 Å². The van der Waals surface area contributed by atoms with Crippen molar-refractivity contribution in [3.8, 4) is 6.01 Å². The quantitative estimate of drug-likeness (QED) is 0.358. The van der Waals surface area contributed by atoms with Gasteiger partial charge < -0.3 is 25.4 Å². The Hall–Kier alpha value is -3.83. The molecule has 3 heterocycles. The lowest BCUT2D eigenvalue weighted by Crippen LogP contribution is -2.54. The number of halogens is 1. The van der Waals surface area contributed by atoms with E-state index in [-0.39, 0.29) is 17.6 Å². The van der Waals surface area contributed by atoms with Crippen LogP contribution in [0, 0.1) is 5.82 Å². The molecule has 2 aromatic heterocycles. The van der Waals surface area contributed by atoms with Gasteiger partial charge in [0.25, 0.3) is 5.91 Å². The molecule has 204 valence electrons. The molecular weight excluding hydrogens is 501 g/mol. The summed E-state index contributed by atoms with van der Waals surface area (Å²) in [4.78, 5) is 25.0.